The van der Waals surface area contributed by atoms with Crippen LogP contribution >= 0.6 is 0 Å². The SMILES string of the molecule is CCCC(c1nc2ccc(N(C)C3CCN(C)CC3)cc2c(=O)n1CC)N1C[C@H](C)C[C@H](C)C1. The van der Waals surface area contributed by atoms with Crippen molar-refractivity contribution in [3.05, 3.63) is 34.4 Å². The lowest BCUT2D eigenvalue weighted by Gasteiger charge is -2.40. The fraction of sp³-hybridized carbons (Fsp3) is 0.714. The summed E-state index contributed by atoms with van der Waals surface area (Å²) in [4.78, 5) is 26.3. The fourth-order valence-electron chi connectivity index (χ4n) is 6.31. The Hall–Kier alpha value is -1.92. The lowest BCUT2D eigenvalue weighted by Crippen LogP contribution is -2.43. The molecule has 2 saturated heterocycles. The molecule has 6 heteroatoms. The number of hydrogen-bond donors (Lipinski definition) is 0. The number of fused-ring (bicyclic) bond motifs is 1. The third kappa shape index (κ3) is 5.18. The van der Waals surface area contributed by atoms with Crippen molar-refractivity contribution in [1.29, 1.82) is 0 Å². The van der Waals surface area contributed by atoms with E-state index in [4.69, 9.17) is 4.98 Å². The summed E-state index contributed by atoms with van der Waals surface area (Å²) in [7, 11) is 4.37. The highest BCUT2D eigenvalue weighted by atomic mass is 16.1. The van der Waals surface area contributed by atoms with Crippen molar-refractivity contribution < 1.29 is 0 Å². The molecule has 0 radical (unpaired) electrons. The van der Waals surface area contributed by atoms with E-state index in [0.29, 0.717) is 24.4 Å². The van der Waals surface area contributed by atoms with Crippen molar-refractivity contribution in [1.82, 2.24) is 19.4 Å². The van der Waals surface area contributed by atoms with Gasteiger partial charge in [0.05, 0.1) is 16.9 Å². The Morgan fingerprint density at radius 3 is 2.41 bits per heavy atom. The van der Waals surface area contributed by atoms with E-state index in [1.54, 1.807) is 0 Å². The van der Waals surface area contributed by atoms with Gasteiger partial charge in [0.2, 0.25) is 0 Å². The van der Waals surface area contributed by atoms with E-state index < -0.39 is 0 Å². The Morgan fingerprint density at radius 2 is 1.79 bits per heavy atom. The molecule has 0 bridgehead atoms. The molecule has 0 spiro atoms. The van der Waals surface area contributed by atoms with Crippen LogP contribution in [-0.4, -0.2) is 65.7 Å². The second-order valence-electron chi connectivity index (χ2n) is 11.1. The van der Waals surface area contributed by atoms with Crippen LogP contribution in [0.2, 0.25) is 0 Å². The molecule has 3 atom stereocenters. The van der Waals surface area contributed by atoms with Gasteiger partial charge in [0, 0.05) is 38.4 Å². The van der Waals surface area contributed by atoms with Gasteiger partial charge in [0.1, 0.15) is 5.82 Å². The van der Waals surface area contributed by atoms with Gasteiger partial charge < -0.3 is 9.80 Å². The van der Waals surface area contributed by atoms with Crippen molar-refractivity contribution in [2.24, 2.45) is 11.8 Å². The number of aromatic nitrogens is 2. The van der Waals surface area contributed by atoms with Crippen LogP contribution in [0.1, 0.15) is 71.7 Å². The molecule has 2 fully saturated rings. The Kier molecular flexibility index (Phi) is 7.98. The number of rotatable bonds is 7. The Bertz CT molecular complexity index is 1020. The van der Waals surface area contributed by atoms with E-state index in [0.717, 1.165) is 74.3 Å². The van der Waals surface area contributed by atoms with Crippen LogP contribution in [0.5, 0.6) is 0 Å². The molecule has 2 aliphatic rings. The average molecular weight is 468 g/mol. The van der Waals surface area contributed by atoms with Crippen molar-refractivity contribution in [3.63, 3.8) is 0 Å². The fourth-order valence-corrected chi connectivity index (χ4v) is 6.31. The molecule has 2 aromatic rings. The molecule has 6 nitrogen and oxygen atoms in total. The molecule has 0 saturated carbocycles. The first-order valence-corrected chi connectivity index (χ1v) is 13.5. The van der Waals surface area contributed by atoms with Gasteiger partial charge in [-0.2, -0.15) is 0 Å². The lowest BCUT2D eigenvalue weighted by molar-refractivity contribution is 0.0836. The number of piperidine rings is 2. The van der Waals surface area contributed by atoms with Crippen LogP contribution in [0.15, 0.2) is 23.0 Å². The van der Waals surface area contributed by atoms with E-state index in [-0.39, 0.29) is 11.6 Å². The van der Waals surface area contributed by atoms with E-state index in [1.165, 1.54) is 6.42 Å². The molecule has 3 heterocycles. The third-order valence-electron chi connectivity index (χ3n) is 8.12. The Labute approximate surface area is 205 Å². The van der Waals surface area contributed by atoms with Gasteiger partial charge in [-0.25, -0.2) is 4.98 Å². The lowest BCUT2D eigenvalue weighted by atomic mass is 9.90. The smallest absolute Gasteiger partial charge is 0.261 e. The van der Waals surface area contributed by atoms with Crippen molar-refractivity contribution >= 4 is 16.6 Å². The van der Waals surface area contributed by atoms with Gasteiger partial charge in [0.15, 0.2) is 0 Å². The molecule has 1 aromatic carbocycles. The summed E-state index contributed by atoms with van der Waals surface area (Å²) in [5.41, 5.74) is 2.07. The number of nitrogens with zero attached hydrogens (tertiary/aromatic N) is 5. The molecule has 0 amide bonds. The molecule has 1 unspecified atom stereocenters. The van der Waals surface area contributed by atoms with E-state index in [2.05, 4.69) is 74.7 Å². The molecular weight excluding hydrogens is 422 g/mol. The molecular formula is C28H45N5O. The second-order valence-corrected chi connectivity index (χ2v) is 11.1. The maximum Gasteiger partial charge on any atom is 0.261 e. The number of anilines is 1. The molecule has 4 rings (SSSR count). The van der Waals surface area contributed by atoms with Gasteiger partial charge in [-0.15, -0.1) is 0 Å². The molecule has 0 N–H and O–H groups in total. The van der Waals surface area contributed by atoms with Gasteiger partial charge >= 0.3 is 0 Å². The zero-order valence-corrected chi connectivity index (χ0v) is 22.3. The normalized spacial score (nSPS) is 23.9. The zero-order chi connectivity index (χ0) is 24.4. The Morgan fingerprint density at radius 1 is 1.12 bits per heavy atom. The molecule has 2 aliphatic heterocycles. The summed E-state index contributed by atoms with van der Waals surface area (Å²) in [5.74, 6) is 2.32. The van der Waals surface area contributed by atoms with Crippen LogP contribution in [-0.2, 0) is 6.54 Å². The van der Waals surface area contributed by atoms with E-state index in [1.807, 2.05) is 4.57 Å². The van der Waals surface area contributed by atoms with Gasteiger partial charge in [-0.05, 0) is 82.8 Å². The average Bonchev–Trinajstić information content (AvgIpc) is 2.81. The topological polar surface area (TPSA) is 44.6 Å². The highest BCUT2D eigenvalue weighted by Gasteiger charge is 2.31. The largest absolute Gasteiger partial charge is 0.371 e. The number of hydrogen-bond acceptors (Lipinski definition) is 5. The predicted octanol–water partition coefficient (Wildman–Crippen LogP) is 4.77. The van der Waals surface area contributed by atoms with Crippen molar-refractivity contribution in [2.45, 2.75) is 78.4 Å². The monoisotopic (exact) mass is 467 g/mol. The summed E-state index contributed by atoms with van der Waals surface area (Å²) in [6.45, 7) is 14.1. The maximum absolute atomic E-state index is 13.8. The first-order valence-electron chi connectivity index (χ1n) is 13.5. The maximum atomic E-state index is 13.8. The molecule has 1 aromatic heterocycles. The Balaban J connectivity index is 1.71. The van der Waals surface area contributed by atoms with Gasteiger partial charge in [0.25, 0.3) is 5.56 Å². The summed E-state index contributed by atoms with van der Waals surface area (Å²) in [6.07, 6.45) is 5.73. The number of likely N-dealkylation sites (tertiary alicyclic amines) is 2. The molecule has 0 aliphatic carbocycles. The van der Waals surface area contributed by atoms with Gasteiger partial charge in [-0.3, -0.25) is 14.3 Å². The van der Waals surface area contributed by atoms with Crippen LogP contribution < -0.4 is 10.5 Å². The zero-order valence-electron chi connectivity index (χ0n) is 22.3. The first-order chi connectivity index (χ1) is 16.3. The minimum Gasteiger partial charge on any atom is -0.371 e. The summed E-state index contributed by atoms with van der Waals surface area (Å²) in [6, 6.07) is 7.04. The summed E-state index contributed by atoms with van der Waals surface area (Å²) < 4.78 is 1.95. The minimum absolute atomic E-state index is 0.111. The quantitative estimate of drug-likeness (QED) is 0.587. The predicted molar refractivity (Wildman–Crippen MR) is 143 cm³/mol. The van der Waals surface area contributed by atoms with E-state index >= 15 is 0 Å². The summed E-state index contributed by atoms with van der Waals surface area (Å²) in [5, 5.41) is 0.749. The van der Waals surface area contributed by atoms with E-state index in [9.17, 15) is 4.79 Å². The highest BCUT2D eigenvalue weighted by molar-refractivity contribution is 5.82. The number of benzene rings is 1. The highest BCUT2D eigenvalue weighted by Crippen LogP contribution is 2.32. The third-order valence-corrected chi connectivity index (χ3v) is 8.12. The van der Waals surface area contributed by atoms with Crippen LogP contribution in [0.25, 0.3) is 10.9 Å². The van der Waals surface area contributed by atoms with Gasteiger partial charge in [-0.1, -0.05) is 27.2 Å². The molecule has 188 valence electrons. The van der Waals surface area contributed by atoms with Crippen LogP contribution in [0.3, 0.4) is 0 Å². The van der Waals surface area contributed by atoms with Crippen LogP contribution in [0.4, 0.5) is 5.69 Å². The summed E-state index contributed by atoms with van der Waals surface area (Å²) >= 11 is 0. The van der Waals surface area contributed by atoms with Crippen molar-refractivity contribution in [2.75, 3.05) is 45.2 Å². The second kappa shape index (κ2) is 10.8. The van der Waals surface area contributed by atoms with Crippen molar-refractivity contribution in [3.8, 4) is 0 Å². The standard InChI is InChI=1S/C28H45N5O/c1-7-9-26(32-18-20(3)16-21(4)19-32)27-29-25-11-10-23(17-24(25)28(34)33(27)8-2)31(6)22-12-14-30(5)15-13-22/h10-11,17,20-22,26H,7-9,12-16,18-19H2,1-6H3/t20-,21+,26?. The van der Waals surface area contributed by atoms with Crippen LogP contribution in [0, 0.1) is 11.8 Å². The molecule has 34 heavy (non-hydrogen) atoms. The first kappa shape index (κ1) is 25.2. The minimum atomic E-state index is 0.111.